The first-order chi connectivity index (χ1) is 15.4. The molecule has 0 bridgehead atoms. The van der Waals surface area contributed by atoms with Crippen LogP contribution in [0.3, 0.4) is 0 Å². The Morgan fingerprint density at radius 2 is 1.72 bits per heavy atom. The van der Waals surface area contributed by atoms with Crippen LogP contribution in [0.15, 0.2) is 77.1 Å². The standard InChI is InChI=1S/C25H24BrFN2O2S/c1-3-13-28(25(31)20-6-8-21(26)9-7-20)17-24(30)29(16-23-18(2)12-14-32-23)15-19-4-10-22(27)11-5-19/h3-12,14H,1,13,15-17H2,2H3. The molecule has 1 heterocycles. The van der Waals surface area contributed by atoms with E-state index in [0.717, 1.165) is 20.5 Å². The van der Waals surface area contributed by atoms with E-state index in [2.05, 4.69) is 22.5 Å². The maximum Gasteiger partial charge on any atom is 0.254 e. The first-order valence-corrected chi connectivity index (χ1v) is 11.8. The summed E-state index contributed by atoms with van der Waals surface area (Å²) in [4.78, 5) is 30.6. The summed E-state index contributed by atoms with van der Waals surface area (Å²) in [5.41, 5.74) is 2.44. The van der Waals surface area contributed by atoms with E-state index in [4.69, 9.17) is 0 Å². The van der Waals surface area contributed by atoms with Crippen LogP contribution in [0.5, 0.6) is 0 Å². The molecule has 0 fully saturated rings. The van der Waals surface area contributed by atoms with E-state index in [1.807, 2.05) is 18.4 Å². The van der Waals surface area contributed by atoms with E-state index in [1.165, 1.54) is 17.0 Å². The zero-order valence-electron chi connectivity index (χ0n) is 17.8. The summed E-state index contributed by atoms with van der Waals surface area (Å²) in [5.74, 6) is -0.743. The Labute approximate surface area is 200 Å². The Balaban J connectivity index is 1.81. The van der Waals surface area contributed by atoms with Crippen LogP contribution in [0.4, 0.5) is 4.39 Å². The highest BCUT2D eigenvalue weighted by atomic mass is 79.9. The van der Waals surface area contributed by atoms with E-state index in [0.29, 0.717) is 18.7 Å². The zero-order chi connectivity index (χ0) is 23.1. The van der Waals surface area contributed by atoms with Gasteiger partial charge in [0.1, 0.15) is 12.4 Å². The second-order valence-electron chi connectivity index (χ2n) is 7.38. The lowest BCUT2D eigenvalue weighted by molar-refractivity contribution is -0.133. The minimum Gasteiger partial charge on any atom is -0.332 e. The molecule has 0 saturated heterocycles. The van der Waals surface area contributed by atoms with Crippen LogP contribution in [-0.4, -0.2) is 34.7 Å². The molecular weight excluding hydrogens is 491 g/mol. The highest BCUT2D eigenvalue weighted by Crippen LogP contribution is 2.20. The second kappa shape index (κ2) is 11.2. The molecule has 0 saturated carbocycles. The predicted octanol–water partition coefficient (Wildman–Crippen LogP) is 5.82. The molecule has 166 valence electrons. The third-order valence-electron chi connectivity index (χ3n) is 5.00. The lowest BCUT2D eigenvalue weighted by atomic mass is 10.1. The normalized spacial score (nSPS) is 10.6. The fraction of sp³-hybridized carbons (Fsp3) is 0.200. The number of benzene rings is 2. The molecule has 2 aromatic carbocycles. The van der Waals surface area contributed by atoms with Crippen molar-refractivity contribution >= 4 is 39.1 Å². The molecule has 0 aliphatic heterocycles. The van der Waals surface area contributed by atoms with Gasteiger partial charge in [0.2, 0.25) is 5.91 Å². The SMILES string of the molecule is C=CCN(CC(=O)N(Cc1ccc(F)cc1)Cc1sccc1C)C(=O)c1ccc(Br)cc1. The van der Waals surface area contributed by atoms with Crippen LogP contribution in [0.1, 0.15) is 26.4 Å². The molecule has 0 aliphatic carbocycles. The Bertz CT molecular complexity index is 1080. The van der Waals surface area contributed by atoms with Gasteiger partial charge in [-0.15, -0.1) is 17.9 Å². The van der Waals surface area contributed by atoms with Crippen LogP contribution in [0.25, 0.3) is 0 Å². The summed E-state index contributed by atoms with van der Waals surface area (Å²) in [6, 6.07) is 15.2. The first-order valence-electron chi connectivity index (χ1n) is 10.1. The molecule has 32 heavy (non-hydrogen) atoms. The number of aryl methyl sites for hydroxylation is 1. The molecule has 7 heteroatoms. The fourth-order valence-corrected chi connectivity index (χ4v) is 4.38. The van der Waals surface area contributed by atoms with Crippen LogP contribution < -0.4 is 0 Å². The van der Waals surface area contributed by atoms with Crippen LogP contribution in [0.2, 0.25) is 0 Å². The second-order valence-corrected chi connectivity index (χ2v) is 9.30. The summed E-state index contributed by atoms with van der Waals surface area (Å²) in [6.07, 6.45) is 1.61. The molecule has 2 amide bonds. The molecule has 0 atom stereocenters. The van der Waals surface area contributed by atoms with E-state index in [1.54, 1.807) is 58.7 Å². The largest absolute Gasteiger partial charge is 0.332 e. The van der Waals surface area contributed by atoms with Gasteiger partial charge >= 0.3 is 0 Å². The number of thiophene rings is 1. The topological polar surface area (TPSA) is 40.6 Å². The monoisotopic (exact) mass is 514 g/mol. The van der Waals surface area contributed by atoms with Gasteiger partial charge in [-0.3, -0.25) is 9.59 Å². The zero-order valence-corrected chi connectivity index (χ0v) is 20.2. The summed E-state index contributed by atoms with van der Waals surface area (Å²) in [5, 5.41) is 1.99. The number of amides is 2. The van der Waals surface area contributed by atoms with Crippen molar-refractivity contribution in [2.24, 2.45) is 0 Å². The van der Waals surface area contributed by atoms with E-state index >= 15 is 0 Å². The number of halogens is 2. The molecule has 0 radical (unpaired) electrons. The molecule has 4 nitrogen and oxygen atoms in total. The number of carbonyl (C=O) groups is 2. The summed E-state index contributed by atoms with van der Waals surface area (Å²) >= 11 is 4.95. The Morgan fingerprint density at radius 3 is 2.31 bits per heavy atom. The van der Waals surface area contributed by atoms with Gasteiger partial charge in [-0.1, -0.05) is 34.1 Å². The van der Waals surface area contributed by atoms with Crippen molar-refractivity contribution < 1.29 is 14.0 Å². The van der Waals surface area contributed by atoms with Gasteiger partial charge in [-0.2, -0.15) is 0 Å². The predicted molar refractivity (Wildman–Crippen MR) is 130 cm³/mol. The average Bonchev–Trinajstić information content (AvgIpc) is 3.18. The minimum absolute atomic E-state index is 0.0769. The number of hydrogen-bond acceptors (Lipinski definition) is 3. The van der Waals surface area contributed by atoms with Gasteiger partial charge in [0.25, 0.3) is 5.91 Å². The van der Waals surface area contributed by atoms with Crippen LogP contribution in [-0.2, 0) is 17.9 Å². The van der Waals surface area contributed by atoms with Gasteiger partial charge in [-0.05, 0) is 65.9 Å². The average molecular weight is 515 g/mol. The van der Waals surface area contributed by atoms with Crippen LogP contribution >= 0.6 is 27.3 Å². The summed E-state index contributed by atoms with van der Waals surface area (Å²) in [7, 11) is 0. The van der Waals surface area contributed by atoms with Crippen molar-refractivity contribution in [3.63, 3.8) is 0 Å². The number of hydrogen-bond donors (Lipinski definition) is 0. The Hall–Kier alpha value is -2.77. The lowest BCUT2D eigenvalue weighted by Crippen LogP contribution is -2.42. The fourth-order valence-electron chi connectivity index (χ4n) is 3.20. The quantitative estimate of drug-likeness (QED) is 0.337. The first kappa shape index (κ1) is 23.9. The Kier molecular flexibility index (Phi) is 8.36. The maximum atomic E-state index is 13.3. The summed E-state index contributed by atoms with van der Waals surface area (Å²) < 4.78 is 14.2. The summed E-state index contributed by atoms with van der Waals surface area (Å²) in [6.45, 7) is 6.66. The number of nitrogens with zero attached hydrogens (tertiary/aromatic N) is 2. The van der Waals surface area contributed by atoms with Gasteiger partial charge in [0, 0.05) is 28.0 Å². The van der Waals surface area contributed by atoms with Crippen molar-refractivity contribution in [3.8, 4) is 0 Å². The van der Waals surface area contributed by atoms with Crippen molar-refractivity contribution in [2.45, 2.75) is 20.0 Å². The van der Waals surface area contributed by atoms with Crippen molar-refractivity contribution in [1.82, 2.24) is 9.80 Å². The van der Waals surface area contributed by atoms with Gasteiger partial charge in [0.15, 0.2) is 0 Å². The lowest BCUT2D eigenvalue weighted by Gasteiger charge is -2.27. The highest BCUT2D eigenvalue weighted by Gasteiger charge is 2.23. The van der Waals surface area contributed by atoms with E-state index in [9.17, 15) is 14.0 Å². The van der Waals surface area contributed by atoms with Crippen molar-refractivity contribution in [3.05, 3.63) is 104 Å². The molecule has 1 aromatic heterocycles. The molecule has 3 aromatic rings. The number of rotatable bonds is 9. The maximum absolute atomic E-state index is 13.3. The number of carbonyl (C=O) groups excluding carboxylic acids is 2. The van der Waals surface area contributed by atoms with Crippen molar-refractivity contribution in [1.29, 1.82) is 0 Å². The molecular formula is C25H24BrFN2O2S. The van der Waals surface area contributed by atoms with Gasteiger partial charge in [-0.25, -0.2) is 4.39 Å². The molecule has 0 N–H and O–H groups in total. The third-order valence-corrected chi connectivity index (χ3v) is 6.53. The smallest absolute Gasteiger partial charge is 0.254 e. The van der Waals surface area contributed by atoms with Crippen molar-refractivity contribution in [2.75, 3.05) is 13.1 Å². The third kappa shape index (κ3) is 6.37. The molecule has 0 aliphatic rings. The Morgan fingerprint density at radius 1 is 1.03 bits per heavy atom. The van der Waals surface area contributed by atoms with Gasteiger partial charge in [0.05, 0.1) is 6.54 Å². The van der Waals surface area contributed by atoms with Gasteiger partial charge < -0.3 is 9.80 Å². The molecule has 3 rings (SSSR count). The highest BCUT2D eigenvalue weighted by molar-refractivity contribution is 9.10. The van der Waals surface area contributed by atoms with E-state index < -0.39 is 0 Å². The molecule has 0 spiro atoms. The van der Waals surface area contributed by atoms with E-state index in [-0.39, 0.29) is 30.7 Å². The van der Waals surface area contributed by atoms with Crippen LogP contribution in [0, 0.1) is 12.7 Å². The minimum atomic E-state index is -0.321. The molecule has 0 unspecified atom stereocenters.